The summed E-state index contributed by atoms with van der Waals surface area (Å²) in [6, 6.07) is 0. The van der Waals surface area contributed by atoms with Crippen molar-refractivity contribution in [2.45, 2.75) is 33.6 Å². The molecule has 1 aliphatic carbocycles. The van der Waals surface area contributed by atoms with E-state index in [1.807, 2.05) is 0 Å². The fourth-order valence-electron chi connectivity index (χ4n) is 2.97. The van der Waals surface area contributed by atoms with Gasteiger partial charge in [0.2, 0.25) is 0 Å². The van der Waals surface area contributed by atoms with E-state index in [1.165, 1.54) is 12.8 Å². The smallest absolute Gasteiger partial charge is 0.0360 e. The van der Waals surface area contributed by atoms with E-state index in [-0.39, 0.29) is 0 Å². The molecule has 0 aromatic carbocycles. The van der Waals surface area contributed by atoms with Crippen LogP contribution in [0.3, 0.4) is 0 Å². The maximum atomic E-state index is 12.5. The topological polar surface area (TPSA) is 3.24 Å². The van der Waals surface area contributed by atoms with Gasteiger partial charge in [-0.1, -0.05) is 20.8 Å². The predicted molar refractivity (Wildman–Crippen MR) is 47.3 cm³/mol. The van der Waals surface area contributed by atoms with Crippen molar-refractivity contribution in [3.05, 3.63) is 0 Å². The van der Waals surface area contributed by atoms with Gasteiger partial charge in [0.15, 0.2) is 0 Å². The second-order valence-electron chi connectivity index (χ2n) is 5.44. The molecule has 0 unspecified atom stereocenters. The summed E-state index contributed by atoms with van der Waals surface area (Å²) >= 11 is 0. The van der Waals surface area contributed by atoms with E-state index in [0.717, 1.165) is 11.0 Å². The van der Waals surface area contributed by atoms with Crippen LogP contribution in [0.15, 0.2) is 0 Å². The Balaban J connectivity index is 1.91. The summed E-state index contributed by atoms with van der Waals surface area (Å²) in [4.78, 5) is 0. The van der Waals surface area contributed by atoms with Crippen LogP contribution >= 0.6 is 0 Å². The number of hydrogen-bond acceptors (Lipinski definition) is 1. The van der Waals surface area contributed by atoms with Crippen LogP contribution in [0.25, 0.3) is 0 Å². The number of nitrogens with zero attached hydrogens (tertiary/aromatic N) is 1. The highest BCUT2D eigenvalue weighted by atomic mass is 19.2. The Morgan fingerprint density at radius 2 is 1.75 bits per heavy atom. The molecule has 1 heterocycles. The van der Waals surface area contributed by atoms with E-state index in [1.54, 1.807) is 0 Å². The summed E-state index contributed by atoms with van der Waals surface area (Å²) < 4.78 is 12.5. The van der Waals surface area contributed by atoms with Crippen LogP contribution in [0.5, 0.6) is 0 Å². The van der Waals surface area contributed by atoms with Crippen LogP contribution in [0.4, 0.5) is 4.48 Å². The average Bonchev–Trinajstić information content (AvgIpc) is 1.80. The molecule has 1 nitrogen and oxygen atoms in total. The zero-order chi connectivity index (χ0) is 8.98. The molecule has 0 aromatic heterocycles. The minimum Gasteiger partial charge on any atom is -0.145 e. The molecule has 1 saturated heterocycles. The van der Waals surface area contributed by atoms with Crippen molar-refractivity contribution < 1.29 is 4.48 Å². The normalized spacial score (nSPS) is 31.8. The van der Waals surface area contributed by atoms with Crippen molar-refractivity contribution in [2.24, 2.45) is 16.7 Å². The first-order valence-electron chi connectivity index (χ1n) is 4.87. The van der Waals surface area contributed by atoms with Crippen LogP contribution in [-0.4, -0.2) is 18.2 Å². The summed E-state index contributed by atoms with van der Waals surface area (Å²) in [6.45, 7) is 8.27. The molecule has 2 heteroatoms. The highest BCUT2D eigenvalue weighted by Gasteiger charge is 2.58. The molecule has 0 N–H and O–H groups in total. The first-order chi connectivity index (χ1) is 5.46. The lowest BCUT2D eigenvalue weighted by atomic mass is 9.47. The van der Waals surface area contributed by atoms with E-state index in [0.29, 0.717) is 23.9 Å². The van der Waals surface area contributed by atoms with Crippen molar-refractivity contribution in [3.63, 3.8) is 0 Å². The van der Waals surface area contributed by atoms with Gasteiger partial charge in [-0.05, 0) is 24.2 Å². The van der Waals surface area contributed by atoms with Crippen LogP contribution in [-0.2, 0) is 0 Å². The summed E-state index contributed by atoms with van der Waals surface area (Å²) in [7, 11) is 0. The standard InChI is InChI=1S/C10H18FN/c1-8(2)9(3)4-10(5-9)6-12(11)7-10/h8H,4-7H2,1-3H3. The lowest BCUT2D eigenvalue weighted by Crippen LogP contribution is -2.63. The Morgan fingerprint density at radius 1 is 1.25 bits per heavy atom. The van der Waals surface area contributed by atoms with E-state index >= 15 is 0 Å². The van der Waals surface area contributed by atoms with Gasteiger partial charge in [0.1, 0.15) is 0 Å². The molecule has 12 heavy (non-hydrogen) atoms. The number of hydrogen-bond donors (Lipinski definition) is 0. The van der Waals surface area contributed by atoms with Gasteiger partial charge in [-0.2, -0.15) is 0 Å². The maximum absolute atomic E-state index is 12.5. The van der Waals surface area contributed by atoms with E-state index in [4.69, 9.17) is 0 Å². The third kappa shape index (κ3) is 1.00. The molecule has 0 bridgehead atoms. The van der Waals surface area contributed by atoms with Crippen LogP contribution in [0.2, 0.25) is 0 Å². The average molecular weight is 171 g/mol. The lowest BCUT2D eigenvalue weighted by Gasteiger charge is -2.62. The zero-order valence-electron chi connectivity index (χ0n) is 8.23. The van der Waals surface area contributed by atoms with Gasteiger partial charge in [-0.3, -0.25) is 0 Å². The van der Waals surface area contributed by atoms with Gasteiger partial charge in [0.25, 0.3) is 0 Å². The van der Waals surface area contributed by atoms with Gasteiger partial charge in [0, 0.05) is 18.5 Å². The Morgan fingerprint density at radius 3 is 2.08 bits per heavy atom. The van der Waals surface area contributed by atoms with Crippen molar-refractivity contribution in [1.29, 1.82) is 0 Å². The molecular weight excluding hydrogens is 153 g/mol. The van der Waals surface area contributed by atoms with Crippen molar-refractivity contribution in [3.8, 4) is 0 Å². The molecule has 0 atom stereocenters. The Kier molecular flexibility index (Phi) is 1.57. The van der Waals surface area contributed by atoms with Gasteiger partial charge in [-0.15, -0.1) is 9.60 Å². The lowest BCUT2D eigenvalue weighted by molar-refractivity contribution is -0.217. The minimum absolute atomic E-state index is 0.383. The Hall–Kier alpha value is -0.110. The molecule has 0 aromatic rings. The summed E-state index contributed by atoms with van der Waals surface area (Å²) in [5, 5.41) is 0.944. The van der Waals surface area contributed by atoms with E-state index < -0.39 is 0 Å². The largest absolute Gasteiger partial charge is 0.145 e. The summed E-state index contributed by atoms with van der Waals surface area (Å²) in [5.41, 5.74) is 0.884. The Bertz CT molecular complexity index is 186. The van der Waals surface area contributed by atoms with Gasteiger partial charge in [0.05, 0.1) is 0 Å². The first kappa shape index (κ1) is 8.49. The number of halogens is 1. The van der Waals surface area contributed by atoms with Gasteiger partial charge >= 0.3 is 0 Å². The van der Waals surface area contributed by atoms with Crippen LogP contribution in [0, 0.1) is 16.7 Å². The van der Waals surface area contributed by atoms with Crippen molar-refractivity contribution >= 4 is 0 Å². The fourth-order valence-corrected chi connectivity index (χ4v) is 2.97. The van der Waals surface area contributed by atoms with E-state index in [9.17, 15) is 4.48 Å². The third-order valence-corrected chi connectivity index (χ3v) is 3.97. The van der Waals surface area contributed by atoms with Crippen molar-refractivity contribution in [2.75, 3.05) is 13.1 Å². The molecule has 1 spiro atoms. The quantitative estimate of drug-likeness (QED) is 0.548. The molecule has 0 radical (unpaired) electrons. The molecule has 2 fully saturated rings. The zero-order valence-corrected chi connectivity index (χ0v) is 8.23. The fraction of sp³-hybridized carbons (Fsp3) is 1.00. The molecular formula is C10H18FN. The van der Waals surface area contributed by atoms with Gasteiger partial charge < -0.3 is 0 Å². The molecule has 70 valence electrons. The highest BCUT2D eigenvalue weighted by Crippen LogP contribution is 2.61. The number of rotatable bonds is 1. The van der Waals surface area contributed by atoms with Crippen LogP contribution < -0.4 is 0 Å². The molecule has 1 saturated carbocycles. The highest BCUT2D eigenvalue weighted by molar-refractivity contribution is 5.08. The Labute approximate surface area is 73.9 Å². The molecule has 2 aliphatic rings. The predicted octanol–water partition coefficient (Wildman–Crippen LogP) is 2.63. The molecule has 1 aliphatic heterocycles. The SMILES string of the molecule is CC(C)C1(C)CC2(CN(F)C2)C1. The van der Waals surface area contributed by atoms with Crippen LogP contribution in [0.1, 0.15) is 33.6 Å². The first-order valence-corrected chi connectivity index (χ1v) is 4.87. The summed E-state index contributed by atoms with van der Waals surface area (Å²) in [6.07, 6.45) is 2.47. The second-order valence-corrected chi connectivity index (χ2v) is 5.44. The van der Waals surface area contributed by atoms with Crippen molar-refractivity contribution in [1.82, 2.24) is 5.12 Å². The monoisotopic (exact) mass is 171 g/mol. The third-order valence-electron chi connectivity index (χ3n) is 3.97. The van der Waals surface area contributed by atoms with Gasteiger partial charge in [-0.25, -0.2) is 0 Å². The summed E-state index contributed by atoms with van der Waals surface area (Å²) in [5.74, 6) is 0.747. The molecule has 0 amide bonds. The second kappa shape index (κ2) is 2.22. The minimum atomic E-state index is 0.383. The van der Waals surface area contributed by atoms with E-state index in [2.05, 4.69) is 20.8 Å². The maximum Gasteiger partial charge on any atom is 0.0360 e. The molecule has 2 rings (SSSR count).